The van der Waals surface area contributed by atoms with Crippen molar-refractivity contribution in [3.8, 4) is 0 Å². The standard InChI is InChI=1S/C12H17B2Cl2NO/c1-13(2)12(15,16)11(18)17(14(3)4)10-8-6-5-7-9-10/h5-9H,1-4H3. The smallest absolute Gasteiger partial charge is 0.257 e. The van der Waals surface area contributed by atoms with Crippen LogP contribution in [-0.2, 0) is 4.79 Å². The van der Waals surface area contributed by atoms with E-state index in [0.717, 1.165) is 5.69 Å². The van der Waals surface area contributed by atoms with Crippen LogP contribution in [0.3, 0.4) is 0 Å². The molecule has 1 amide bonds. The average molecular weight is 284 g/mol. The topological polar surface area (TPSA) is 20.3 Å². The molecule has 96 valence electrons. The number of carbonyl (C=O) groups excluding carboxylic acids is 1. The Labute approximate surface area is 120 Å². The van der Waals surface area contributed by atoms with Crippen molar-refractivity contribution in [3.05, 3.63) is 30.3 Å². The summed E-state index contributed by atoms with van der Waals surface area (Å²) in [6.45, 7) is 7.39. The molecule has 0 spiro atoms. The van der Waals surface area contributed by atoms with Gasteiger partial charge in [-0.2, -0.15) is 0 Å². The fraction of sp³-hybridized carbons (Fsp3) is 0.417. The van der Waals surface area contributed by atoms with Crippen molar-refractivity contribution in [2.45, 2.75) is 31.5 Å². The highest BCUT2D eigenvalue weighted by atomic mass is 35.5. The number of nitrogens with zero attached hydrogens (tertiary/aromatic N) is 1. The van der Waals surface area contributed by atoms with Crippen LogP contribution in [-0.4, -0.2) is 23.7 Å². The van der Waals surface area contributed by atoms with Gasteiger partial charge in [0.2, 0.25) is 5.91 Å². The molecule has 6 heteroatoms. The molecule has 1 rings (SSSR count). The Balaban J connectivity index is 3.12. The van der Waals surface area contributed by atoms with Gasteiger partial charge in [0.05, 0.1) is 0 Å². The number of para-hydroxylation sites is 1. The van der Waals surface area contributed by atoms with Gasteiger partial charge in [0, 0.05) is 5.69 Å². The zero-order chi connectivity index (χ0) is 13.9. The molecule has 0 aliphatic carbocycles. The maximum absolute atomic E-state index is 12.5. The summed E-state index contributed by atoms with van der Waals surface area (Å²) in [6, 6.07) is 9.43. The minimum Gasteiger partial charge on any atom is -0.357 e. The van der Waals surface area contributed by atoms with E-state index in [1.807, 2.05) is 57.6 Å². The molecule has 0 bridgehead atoms. The Morgan fingerprint density at radius 2 is 1.61 bits per heavy atom. The molecule has 0 radical (unpaired) electrons. The van der Waals surface area contributed by atoms with Crippen LogP contribution >= 0.6 is 23.2 Å². The van der Waals surface area contributed by atoms with Crippen LogP contribution in [0.25, 0.3) is 0 Å². The molecule has 2 nitrogen and oxygen atoms in total. The first kappa shape index (κ1) is 15.5. The van der Waals surface area contributed by atoms with Gasteiger partial charge >= 0.3 is 0 Å². The Kier molecular flexibility index (Phi) is 5.18. The van der Waals surface area contributed by atoms with E-state index in [4.69, 9.17) is 23.2 Å². The lowest BCUT2D eigenvalue weighted by Crippen LogP contribution is -2.53. The Morgan fingerprint density at radius 3 is 2.00 bits per heavy atom. The van der Waals surface area contributed by atoms with E-state index in [1.54, 1.807) is 4.81 Å². The second kappa shape index (κ2) is 6.03. The first-order valence-electron chi connectivity index (χ1n) is 6.05. The summed E-state index contributed by atoms with van der Waals surface area (Å²) >= 11 is 12.4. The van der Waals surface area contributed by atoms with Gasteiger partial charge in [-0.3, -0.25) is 4.79 Å². The van der Waals surface area contributed by atoms with Crippen LogP contribution in [0.2, 0.25) is 27.3 Å². The van der Waals surface area contributed by atoms with Crippen LogP contribution < -0.4 is 4.81 Å². The molecule has 0 N–H and O–H groups in total. The summed E-state index contributed by atoms with van der Waals surface area (Å²) in [5.41, 5.74) is 0.809. The molecule has 0 unspecified atom stereocenters. The van der Waals surface area contributed by atoms with E-state index in [0.29, 0.717) is 0 Å². The zero-order valence-corrected chi connectivity index (χ0v) is 12.7. The molecular formula is C12H17B2Cl2NO. The number of alkyl halides is 2. The molecule has 0 heterocycles. The zero-order valence-electron chi connectivity index (χ0n) is 11.2. The van der Waals surface area contributed by atoms with Gasteiger partial charge in [-0.1, -0.05) is 45.5 Å². The highest BCUT2D eigenvalue weighted by Gasteiger charge is 2.43. The predicted octanol–water partition coefficient (Wildman–Crippen LogP) is 3.74. The van der Waals surface area contributed by atoms with Gasteiger partial charge in [-0.25, -0.2) is 0 Å². The second-order valence-electron chi connectivity index (χ2n) is 4.88. The van der Waals surface area contributed by atoms with Gasteiger partial charge < -0.3 is 4.81 Å². The van der Waals surface area contributed by atoms with Crippen molar-refractivity contribution in [2.24, 2.45) is 0 Å². The van der Waals surface area contributed by atoms with Crippen molar-refractivity contribution in [1.29, 1.82) is 0 Å². The van der Waals surface area contributed by atoms with E-state index >= 15 is 0 Å². The molecule has 0 atom stereocenters. The maximum Gasteiger partial charge on any atom is 0.257 e. The van der Waals surface area contributed by atoms with E-state index < -0.39 is 4.23 Å². The molecule has 1 aromatic rings. The van der Waals surface area contributed by atoms with Gasteiger partial charge in [-0.15, -0.1) is 23.2 Å². The largest absolute Gasteiger partial charge is 0.357 e. The number of halogens is 2. The number of rotatable bonds is 4. The number of anilines is 1. The van der Waals surface area contributed by atoms with Crippen molar-refractivity contribution in [1.82, 2.24) is 0 Å². The highest BCUT2D eigenvalue weighted by molar-refractivity contribution is 6.90. The summed E-state index contributed by atoms with van der Waals surface area (Å²) in [4.78, 5) is 14.1. The Morgan fingerprint density at radius 1 is 1.11 bits per heavy atom. The third-order valence-corrected chi connectivity index (χ3v) is 3.98. The first-order valence-corrected chi connectivity index (χ1v) is 6.80. The average Bonchev–Trinajstić information content (AvgIpc) is 2.29. The number of benzene rings is 1. The number of amides is 1. The minimum atomic E-state index is -1.40. The Bertz CT molecular complexity index is 410. The summed E-state index contributed by atoms with van der Waals surface area (Å²) in [6.07, 6.45) is 0. The molecule has 0 saturated heterocycles. The quantitative estimate of drug-likeness (QED) is 0.609. The monoisotopic (exact) mass is 283 g/mol. The normalized spacial score (nSPS) is 11.0. The molecule has 0 aliphatic heterocycles. The van der Waals surface area contributed by atoms with Crippen molar-refractivity contribution < 1.29 is 4.79 Å². The van der Waals surface area contributed by atoms with Crippen LogP contribution in [0, 0.1) is 0 Å². The van der Waals surface area contributed by atoms with Gasteiger partial charge in [0.1, 0.15) is 0 Å². The van der Waals surface area contributed by atoms with E-state index in [-0.39, 0.29) is 19.5 Å². The maximum atomic E-state index is 12.5. The fourth-order valence-electron chi connectivity index (χ4n) is 1.65. The minimum absolute atomic E-state index is 0.00414. The summed E-state index contributed by atoms with van der Waals surface area (Å²) < 4.78 is -1.40. The van der Waals surface area contributed by atoms with E-state index in [1.165, 1.54) is 0 Å². The molecule has 0 aliphatic rings. The number of carbonyl (C=O) groups is 1. The van der Waals surface area contributed by atoms with Crippen LogP contribution in [0.1, 0.15) is 0 Å². The molecular weight excluding hydrogens is 267 g/mol. The van der Waals surface area contributed by atoms with Gasteiger partial charge in [0.25, 0.3) is 6.85 Å². The SMILES string of the molecule is CB(C)N(C(=O)C(Cl)(Cl)B(C)C)c1ccccc1. The molecule has 0 fully saturated rings. The van der Waals surface area contributed by atoms with Crippen molar-refractivity contribution in [3.63, 3.8) is 0 Å². The van der Waals surface area contributed by atoms with Crippen molar-refractivity contribution in [2.75, 3.05) is 4.81 Å². The fourth-order valence-corrected chi connectivity index (χ4v) is 1.83. The second-order valence-corrected chi connectivity index (χ2v) is 6.27. The summed E-state index contributed by atoms with van der Waals surface area (Å²) in [7, 11) is 0. The lowest BCUT2D eigenvalue weighted by atomic mass is 9.50. The lowest BCUT2D eigenvalue weighted by molar-refractivity contribution is -0.116. The third kappa shape index (κ3) is 3.24. The van der Waals surface area contributed by atoms with E-state index in [2.05, 4.69) is 0 Å². The molecule has 1 aromatic carbocycles. The summed E-state index contributed by atoms with van der Waals surface area (Å²) in [5, 5.41) is 0. The predicted molar refractivity (Wildman–Crippen MR) is 83.3 cm³/mol. The molecule has 18 heavy (non-hydrogen) atoms. The Hall–Kier alpha value is -0.600. The van der Waals surface area contributed by atoms with Gasteiger partial charge in [0.15, 0.2) is 10.9 Å². The van der Waals surface area contributed by atoms with Gasteiger partial charge in [-0.05, 0) is 12.1 Å². The summed E-state index contributed by atoms with van der Waals surface area (Å²) in [5.74, 6) is -0.276. The van der Waals surface area contributed by atoms with Crippen LogP contribution in [0.15, 0.2) is 30.3 Å². The van der Waals surface area contributed by atoms with E-state index in [9.17, 15) is 4.79 Å². The number of hydrogen-bond acceptors (Lipinski definition) is 1. The first-order chi connectivity index (χ1) is 8.28. The molecule has 0 aromatic heterocycles. The number of hydrogen-bond donors (Lipinski definition) is 0. The van der Waals surface area contributed by atoms with Crippen LogP contribution in [0.5, 0.6) is 0 Å². The van der Waals surface area contributed by atoms with Crippen LogP contribution in [0.4, 0.5) is 5.69 Å². The highest BCUT2D eigenvalue weighted by Crippen LogP contribution is 2.30. The van der Waals surface area contributed by atoms with Crippen molar-refractivity contribution >= 4 is 48.4 Å². The lowest BCUT2D eigenvalue weighted by Gasteiger charge is -2.32. The molecule has 0 saturated carbocycles. The third-order valence-electron chi connectivity index (χ3n) is 2.78.